The molecule has 0 saturated carbocycles. The van der Waals surface area contributed by atoms with Crippen LogP contribution < -0.4 is 10.6 Å². The van der Waals surface area contributed by atoms with E-state index in [0.29, 0.717) is 16.8 Å². The van der Waals surface area contributed by atoms with E-state index in [-0.39, 0.29) is 11.8 Å². The van der Waals surface area contributed by atoms with Gasteiger partial charge in [-0.05, 0) is 60.5 Å². The molecule has 2 amide bonds. The molecule has 0 aromatic heterocycles. The van der Waals surface area contributed by atoms with Crippen LogP contribution in [0, 0.1) is 11.6 Å². The smallest absolute Gasteiger partial charge is 0.221 e. The van der Waals surface area contributed by atoms with Crippen LogP contribution >= 0.6 is 0 Å². The summed E-state index contributed by atoms with van der Waals surface area (Å²) in [6.07, 6.45) is 1.65. The summed E-state index contributed by atoms with van der Waals surface area (Å²) in [5.74, 6) is -1.41. The lowest BCUT2D eigenvalue weighted by Gasteiger charge is -2.29. The van der Waals surface area contributed by atoms with E-state index in [0.717, 1.165) is 0 Å². The van der Waals surface area contributed by atoms with Crippen LogP contribution in [0.3, 0.4) is 0 Å². The minimum Gasteiger partial charge on any atom is -0.344 e. The van der Waals surface area contributed by atoms with Crippen molar-refractivity contribution in [1.29, 1.82) is 0 Å². The van der Waals surface area contributed by atoms with E-state index in [1.807, 2.05) is 0 Å². The quantitative estimate of drug-likeness (QED) is 0.860. The molecule has 0 heterocycles. The number of halogens is 2. The van der Waals surface area contributed by atoms with Gasteiger partial charge in [-0.25, -0.2) is 8.78 Å². The Bertz CT molecular complexity index is 830. The molecule has 136 valence electrons. The Morgan fingerprint density at radius 1 is 0.885 bits per heavy atom. The van der Waals surface area contributed by atoms with Gasteiger partial charge in [0.05, 0.1) is 5.54 Å². The lowest BCUT2D eigenvalue weighted by atomic mass is 9.89. The third kappa shape index (κ3) is 4.99. The highest BCUT2D eigenvalue weighted by Gasteiger charge is 2.26. The number of benzene rings is 2. The van der Waals surface area contributed by atoms with Crippen molar-refractivity contribution in [3.63, 3.8) is 0 Å². The van der Waals surface area contributed by atoms with Gasteiger partial charge in [-0.15, -0.1) is 0 Å². The summed E-state index contributed by atoms with van der Waals surface area (Å²) < 4.78 is 26.5. The first-order chi connectivity index (χ1) is 12.2. The summed E-state index contributed by atoms with van der Waals surface area (Å²) in [5, 5.41) is 5.51. The number of nitrogens with one attached hydrogen (secondary N) is 2. The number of hydrogen-bond donors (Lipinski definition) is 2. The van der Waals surface area contributed by atoms with Gasteiger partial charge in [0.15, 0.2) is 0 Å². The Morgan fingerprint density at radius 2 is 1.38 bits per heavy atom. The van der Waals surface area contributed by atoms with Crippen molar-refractivity contribution in [2.75, 3.05) is 0 Å². The largest absolute Gasteiger partial charge is 0.344 e. The predicted molar refractivity (Wildman–Crippen MR) is 95.8 cm³/mol. The molecule has 26 heavy (non-hydrogen) atoms. The minimum absolute atomic E-state index is 0.297. The summed E-state index contributed by atoms with van der Waals surface area (Å²) in [5.41, 5.74) is 0.573. The normalized spacial score (nSPS) is 13.7. The number of hydrogen-bond acceptors (Lipinski definition) is 2. The summed E-state index contributed by atoms with van der Waals surface area (Å²) in [4.78, 5) is 23.4. The summed E-state index contributed by atoms with van der Waals surface area (Å²) in [6, 6.07) is 11.3. The van der Waals surface area contributed by atoms with E-state index < -0.39 is 17.2 Å². The van der Waals surface area contributed by atoms with E-state index in [9.17, 15) is 18.4 Å². The third-order valence-electron chi connectivity index (χ3n) is 3.78. The van der Waals surface area contributed by atoms with Crippen LogP contribution in [-0.4, -0.2) is 11.8 Å². The molecule has 2 aromatic rings. The standard InChI is InChI=1S/C20H20F2N2O2/c1-13(25)23-19(15-4-8-17(21)9-5-15)12-20(3,24-14(2)26)16-6-10-18(22)11-7-16/h4-12H,1-3H3,(H,23,25)(H,24,26)/b19-12-. The van der Waals surface area contributed by atoms with Gasteiger partial charge in [0.25, 0.3) is 0 Å². The molecule has 1 unspecified atom stereocenters. The van der Waals surface area contributed by atoms with Crippen molar-refractivity contribution >= 4 is 17.5 Å². The van der Waals surface area contributed by atoms with Crippen LogP contribution in [0.1, 0.15) is 31.9 Å². The molecule has 4 nitrogen and oxygen atoms in total. The zero-order valence-corrected chi connectivity index (χ0v) is 14.8. The van der Waals surface area contributed by atoms with Crippen molar-refractivity contribution < 1.29 is 18.4 Å². The molecule has 6 heteroatoms. The van der Waals surface area contributed by atoms with Crippen molar-refractivity contribution in [3.8, 4) is 0 Å². The summed E-state index contributed by atoms with van der Waals surface area (Å²) in [6.45, 7) is 4.45. The molecule has 1 atom stereocenters. The maximum absolute atomic E-state index is 13.3. The maximum Gasteiger partial charge on any atom is 0.221 e. The zero-order valence-electron chi connectivity index (χ0n) is 14.8. The average molecular weight is 358 g/mol. The van der Waals surface area contributed by atoms with Crippen molar-refractivity contribution in [2.24, 2.45) is 0 Å². The van der Waals surface area contributed by atoms with Crippen molar-refractivity contribution in [1.82, 2.24) is 10.6 Å². The molecule has 0 spiro atoms. The molecule has 0 bridgehead atoms. The molecule has 0 aliphatic heterocycles. The molecule has 2 rings (SSSR count). The lowest BCUT2D eigenvalue weighted by molar-refractivity contribution is -0.120. The molecule has 2 aromatic carbocycles. The molecule has 0 aliphatic carbocycles. The van der Waals surface area contributed by atoms with Crippen LogP contribution in [0.4, 0.5) is 8.78 Å². The molecular weight excluding hydrogens is 338 g/mol. The average Bonchev–Trinajstić information content (AvgIpc) is 2.54. The summed E-state index contributed by atoms with van der Waals surface area (Å²) in [7, 11) is 0. The Morgan fingerprint density at radius 3 is 1.85 bits per heavy atom. The van der Waals surface area contributed by atoms with E-state index in [2.05, 4.69) is 10.6 Å². The SMILES string of the molecule is CC(=O)N/C(=C\C(C)(NC(C)=O)c1ccc(F)cc1)c1ccc(F)cc1. The van der Waals surface area contributed by atoms with Crippen LogP contribution in [-0.2, 0) is 15.1 Å². The number of carbonyl (C=O) groups is 2. The van der Waals surface area contributed by atoms with E-state index in [1.54, 1.807) is 25.1 Å². The highest BCUT2D eigenvalue weighted by atomic mass is 19.1. The molecule has 0 aliphatic rings. The van der Waals surface area contributed by atoms with E-state index in [4.69, 9.17) is 0 Å². The fourth-order valence-electron chi connectivity index (χ4n) is 2.65. The van der Waals surface area contributed by atoms with E-state index >= 15 is 0 Å². The van der Waals surface area contributed by atoms with Gasteiger partial charge >= 0.3 is 0 Å². The zero-order chi connectivity index (χ0) is 19.3. The van der Waals surface area contributed by atoms with Crippen molar-refractivity contribution in [3.05, 3.63) is 77.4 Å². The Balaban J connectivity index is 2.58. The second kappa shape index (κ2) is 7.91. The monoisotopic (exact) mass is 358 g/mol. The second-order valence-electron chi connectivity index (χ2n) is 6.14. The Hall–Kier alpha value is -3.02. The van der Waals surface area contributed by atoms with E-state index in [1.165, 1.54) is 50.2 Å². The number of rotatable bonds is 5. The second-order valence-corrected chi connectivity index (χ2v) is 6.14. The van der Waals surface area contributed by atoms with Gasteiger partial charge < -0.3 is 10.6 Å². The Labute approximate surface area is 150 Å². The first-order valence-electron chi connectivity index (χ1n) is 8.01. The van der Waals surface area contributed by atoms with Crippen LogP contribution in [0.5, 0.6) is 0 Å². The van der Waals surface area contributed by atoms with Gasteiger partial charge in [-0.1, -0.05) is 12.1 Å². The predicted octanol–water partition coefficient (Wildman–Crippen LogP) is 3.49. The first kappa shape index (κ1) is 19.3. The molecular formula is C20H20F2N2O2. The Kier molecular flexibility index (Phi) is 5.87. The molecule has 0 fully saturated rings. The summed E-state index contributed by atoms with van der Waals surface area (Å²) >= 11 is 0. The van der Waals surface area contributed by atoms with Gasteiger partial charge in [0.2, 0.25) is 11.8 Å². The number of carbonyl (C=O) groups excluding carboxylic acids is 2. The lowest BCUT2D eigenvalue weighted by Crippen LogP contribution is -2.41. The molecule has 2 N–H and O–H groups in total. The third-order valence-corrected chi connectivity index (χ3v) is 3.78. The van der Waals surface area contributed by atoms with Crippen LogP contribution in [0.15, 0.2) is 54.6 Å². The fraction of sp³-hybridized carbons (Fsp3) is 0.200. The van der Waals surface area contributed by atoms with Crippen LogP contribution in [0.25, 0.3) is 5.70 Å². The van der Waals surface area contributed by atoms with Gasteiger partial charge in [-0.2, -0.15) is 0 Å². The minimum atomic E-state index is -1.02. The number of amides is 2. The van der Waals surface area contributed by atoms with Crippen LogP contribution in [0.2, 0.25) is 0 Å². The van der Waals surface area contributed by atoms with Gasteiger partial charge in [-0.3, -0.25) is 9.59 Å². The van der Waals surface area contributed by atoms with Gasteiger partial charge in [0.1, 0.15) is 11.6 Å². The van der Waals surface area contributed by atoms with Crippen molar-refractivity contribution in [2.45, 2.75) is 26.3 Å². The highest BCUT2D eigenvalue weighted by Crippen LogP contribution is 2.27. The maximum atomic E-state index is 13.3. The molecule has 0 radical (unpaired) electrons. The van der Waals surface area contributed by atoms with Gasteiger partial charge in [0, 0.05) is 19.5 Å². The topological polar surface area (TPSA) is 58.2 Å². The first-order valence-corrected chi connectivity index (χ1v) is 8.01. The molecule has 0 saturated heterocycles. The fourth-order valence-corrected chi connectivity index (χ4v) is 2.65. The highest BCUT2D eigenvalue weighted by molar-refractivity contribution is 5.85.